The summed E-state index contributed by atoms with van der Waals surface area (Å²) in [5.74, 6) is 0. The van der Waals surface area contributed by atoms with E-state index in [1.807, 2.05) is 0 Å². The Balaban J connectivity index is 2.07. The molecular weight excluding hydrogens is 184 g/mol. The molecule has 82 valence electrons. The zero-order valence-corrected chi connectivity index (χ0v) is 9.61. The van der Waals surface area contributed by atoms with Crippen LogP contribution >= 0.6 is 0 Å². The average molecular weight is 204 g/mol. The summed E-state index contributed by atoms with van der Waals surface area (Å²) in [7, 11) is 0. The highest BCUT2D eigenvalue weighted by molar-refractivity contribution is 5.25. The van der Waals surface area contributed by atoms with Crippen molar-refractivity contribution in [3.05, 3.63) is 35.4 Å². The van der Waals surface area contributed by atoms with E-state index in [2.05, 4.69) is 43.0 Å². The van der Waals surface area contributed by atoms with E-state index < -0.39 is 0 Å². The molecule has 1 fully saturated rings. The summed E-state index contributed by atoms with van der Waals surface area (Å²) < 4.78 is 0. The van der Waals surface area contributed by atoms with Crippen LogP contribution in [-0.4, -0.2) is 23.5 Å². The largest absolute Gasteiger partial charge is 0.326 e. The SMILES string of the molecule is Cc1ccccc1CN1CCC(N)C1C. The highest BCUT2D eigenvalue weighted by Crippen LogP contribution is 2.20. The van der Waals surface area contributed by atoms with Gasteiger partial charge in [-0.3, -0.25) is 4.90 Å². The molecule has 15 heavy (non-hydrogen) atoms. The molecule has 0 radical (unpaired) electrons. The molecule has 0 aromatic heterocycles. The van der Waals surface area contributed by atoms with E-state index in [0.717, 1.165) is 19.5 Å². The monoisotopic (exact) mass is 204 g/mol. The minimum Gasteiger partial charge on any atom is -0.326 e. The van der Waals surface area contributed by atoms with Gasteiger partial charge in [0.25, 0.3) is 0 Å². The summed E-state index contributed by atoms with van der Waals surface area (Å²) in [6.45, 7) is 6.59. The molecule has 1 aromatic carbocycles. The first-order valence-corrected chi connectivity index (χ1v) is 5.72. The third-order valence-electron chi connectivity index (χ3n) is 3.58. The Morgan fingerprint density at radius 3 is 2.73 bits per heavy atom. The van der Waals surface area contributed by atoms with Crippen LogP contribution in [0.2, 0.25) is 0 Å². The van der Waals surface area contributed by atoms with Gasteiger partial charge in [-0.2, -0.15) is 0 Å². The fourth-order valence-corrected chi connectivity index (χ4v) is 2.26. The minimum absolute atomic E-state index is 0.356. The maximum atomic E-state index is 6.02. The standard InChI is InChI=1S/C13H20N2/c1-10-5-3-4-6-12(10)9-15-8-7-13(14)11(15)2/h3-6,11,13H,7-9,14H2,1-2H3. The molecular formula is C13H20N2. The van der Waals surface area contributed by atoms with Gasteiger partial charge in [0.1, 0.15) is 0 Å². The van der Waals surface area contributed by atoms with Crippen molar-refractivity contribution in [3.63, 3.8) is 0 Å². The van der Waals surface area contributed by atoms with Crippen LogP contribution in [-0.2, 0) is 6.54 Å². The van der Waals surface area contributed by atoms with Crippen LogP contribution in [0, 0.1) is 6.92 Å². The molecule has 1 aliphatic rings. The number of nitrogens with zero attached hydrogens (tertiary/aromatic N) is 1. The lowest BCUT2D eigenvalue weighted by molar-refractivity contribution is 0.251. The molecule has 0 amide bonds. The van der Waals surface area contributed by atoms with Crippen molar-refractivity contribution >= 4 is 0 Å². The van der Waals surface area contributed by atoms with Crippen molar-refractivity contribution in [2.75, 3.05) is 6.54 Å². The van der Waals surface area contributed by atoms with E-state index >= 15 is 0 Å². The van der Waals surface area contributed by atoms with Gasteiger partial charge in [0.2, 0.25) is 0 Å². The molecule has 1 heterocycles. The van der Waals surface area contributed by atoms with E-state index in [0.29, 0.717) is 12.1 Å². The van der Waals surface area contributed by atoms with Gasteiger partial charge in [-0.05, 0) is 31.4 Å². The van der Waals surface area contributed by atoms with Crippen molar-refractivity contribution < 1.29 is 0 Å². The second-order valence-corrected chi connectivity index (χ2v) is 4.59. The Kier molecular flexibility index (Phi) is 3.08. The highest BCUT2D eigenvalue weighted by Gasteiger charge is 2.27. The van der Waals surface area contributed by atoms with Crippen LogP contribution in [0.1, 0.15) is 24.5 Å². The van der Waals surface area contributed by atoms with Gasteiger partial charge in [-0.15, -0.1) is 0 Å². The van der Waals surface area contributed by atoms with E-state index in [4.69, 9.17) is 5.73 Å². The van der Waals surface area contributed by atoms with E-state index in [1.54, 1.807) is 0 Å². The fraction of sp³-hybridized carbons (Fsp3) is 0.538. The van der Waals surface area contributed by atoms with Crippen LogP contribution in [0.4, 0.5) is 0 Å². The topological polar surface area (TPSA) is 29.3 Å². The number of likely N-dealkylation sites (tertiary alicyclic amines) is 1. The molecule has 1 aliphatic heterocycles. The van der Waals surface area contributed by atoms with Crippen molar-refractivity contribution in [1.29, 1.82) is 0 Å². The summed E-state index contributed by atoms with van der Waals surface area (Å²) in [5, 5.41) is 0. The van der Waals surface area contributed by atoms with Crippen LogP contribution in [0.25, 0.3) is 0 Å². The lowest BCUT2D eigenvalue weighted by atomic mass is 10.1. The summed E-state index contributed by atoms with van der Waals surface area (Å²) in [6.07, 6.45) is 1.13. The number of benzene rings is 1. The fourth-order valence-electron chi connectivity index (χ4n) is 2.26. The number of rotatable bonds is 2. The van der Waals surface area contributed by atoms with Gasteiger partial charge in [0, 0.05) is 25.2 Å². The van der Waals surface area contributed by atoms with E-state index in [-0.39, 0.29) is 0 Å². The number of aryl methyl sites for hydroxylation is 1. The molecule has 2 atom stereocenters. The van der Waals surface area contributed by atoms with Crippen LogP contribution in [0.15, 0.2) is 24.3 Å². The molecule has 2 N–H and O–H groups in total. The molecule has 2 nitrogen and oxygen atoms in total. The van der Waals surface area contributed by atoms with Gasteiger partial charge in [-0.25, -0.2) is 0 Å². The quantitative estimate of drug-likeness (QED) is 0.797. The van der Waals surface area contributed by atoms with E-state index in [9.17, 15) is 0 Å². The van der Waals surface area contributed by atoms with Crippen molar-refractivity contribution in [2.45, 2.75) is 38.9 Å². The Bertz CT molecular complexity index is 335. The average Bonchev–Trinajstić information content (AvgIpc) is 2.53. The number of hydrogen-bond donors (Lipinski definition) is 1. The van der Waals surface area contributed by atoms with Crippen molar-refractivity contribution in [2.24, 2.45) is 5.73 Å². The van der Waals surface area contributed by atoms with Crippen molar-refractivity contribution in [1.82, 2.24) is 4.90 Å². The van der Waals surface area contributed by atoms with Crippen molar-refractivity contribution in [3.8, 4) is 0 Å². The molecule has 1 aromatic rings. The molecule has 0 spiro atoms. The minimum atomic E-state index is 0.356. The normalized spacial score (nSPS) is 27.1. The summed E-state index contributed by atoms with van der Waals surface area (Å²) in [4.78, 5) is 2.48. The first-order valence-electron chi connectivity index (χ1n) is 5.72. The lowest BCUT2D eigenvalue weighted by Gasteiger charge is -2.23. The van der Waals surface area contributed by atoms with Crippen LogP contribution < -0.4 is 5.73 Å². The molecule has 2 heteroatoms. The number of hydrogen-bond acceptors (Lipinski definition) is 2. The summed E-state index contributed by atoms with van der Waals surface area (Å²) in [6, 6.07) is 9.47. The second kappa shape index (κ2) is 4.33. The van der Waals surface area contributed by atoms with E-state index in [1.165, 1.54) is 11.1 Å². The maximum Gasteiger partial charge on any atom is 0.0239 e. The highest BCUT2D eigenvalue weighted by atomic mass is 15.2. The molecule has 0 bridgehead atoms. The molecule has 1 saturated heterocycles. The van der Waals surface area contributed by atoms with Crippen LogP contribution in [0.3, 0.4) is 0 Å². The zero-order valence-electron chi connectivity index (χ0n) is 9.61. The molecule has 2 unspecified atom stereocenters. The third-order valence-corrected chi connectivity index (χ3v) is 3.58. The number of nitrogens with two attached hydrogens (primary N) is 1. The van der Waals surface area contributed by atoms with Gasteiger partial charge in [-0.1, -0.05) is 24.3 Å². The predicted octanol–water partition coefficient (Wildman–Crippen LogP) is 1.92. The maximum absolute atomic E-state index is 6.02. The smallest absolute Gasteiger partial charge is 0.0239 e. The Hall–Kier alpha value is -0.860. The van der Waals surface area contributed by atoms with Crippen LogP contribution in [0.5, 0.6) is 0 Å². The molecule has 0 saturated carbocycles. The zero-order chi connectivity index (χ0) is 10.8. The predicted molar refractivity (Wildman–Crippen MR) is 63.6 cm³/mol. The summed E-state index contributed by atoms with van der Waals surface area (Å²) in [5.41, 5.74) is 8.83. The lowest BCUT2D eigenvalue weighted by Crippen LogP contribution is -2.36. The first-order chi connectivity index (χ1) is 7.18. The Morgan fingerprint density at radius 2 is 2.13 bits per heavy atom. The first kappa shape index (κ1) is 10.7. The second-order valence-electron chi connectivity index (χ2n) is 4.59. The van der Waals surface area contributed by atoms with Gasteiger partial charge in [0.05, 0.1) is 0 Å². The van der Waals surface area contributed by atoms with Gasteiger partial charge >= 0.3 is 0 Å². The Labute approximate surface area is 92.1 Å². The molecule has 2 rings (SSSR count). The van der Waals surface area contributed by atoms with Gasteiger partial charge < -0.3 is 5.73 Å². The third kappa shape index (κ3) is 2.21. The van der Waals surface area contributed by atoms with Gasteiger partial charge in [0.15, 0.2) is 0 Å². The summed E-state index contributed by atoms with van der Waals surface area (Å²) >= 11 is 0. The molecule has 0 aliphatic carbocycles. The Morgan fingerprint density at radius 1 is 1.40 bits per heavy atom.